The Kier molecular flexibility index (Phi) is 3.72. The molecule has 0 N–H and O–H groups in total. The predicted octanol–water partition coefficient (Wildman–Crippen LogP) is -0.813. The fourth-order valence-corrected chi connectivity index (χ4v) is 2.11. The van der Waals surface area contributed by atoms with E-state index < -0.39 is 17.2 Å². The number of aromatic nitrogens is 6. The van der Waals surface area contributed by atoms with Crippen LogP contribution in [0.3, 0.4) is 0 Å². The molecule has 0 aliphatic heterocycles. The number of carbonyl (C=O) groups is 1. The lowest BCUT2D eigenvalue weighted by Gasteiger charge is -2.09. The average molecular weight is 330 g/mol. The lowest BCUT2D eigenvalue weighted by atomic mass is 10.4. The molecule has 3 aromatic heterocycles. The topological polar surface area (TPSA) is 113 Å². The molecule has 0 atom stereocenters. The first-order valence-corrected chi connectivity index (χ1v) is 7.00. The molecule has 10 heteroatoms. The fourth-order valence-electron chi connectivity index (χ4n) is 2.11. The molecule has 3 heterocycles. The van der Waals surface area contributed by atoms with Gasteiger partial charge in [-0.1, -0.05) is 0 Å². The summed E-state index contributed by atoms with van der Waals surface area (Å²) < 4.78 is 8.72. The van der Waals surface area contributed by atoms with Gasteiger partial charge in [0.05, 0.1) is 5.69 Å². The maximum atomic E-state index is 12.1. The van der Waals surface area contributed by atoms with E-state index in [4.69, 9.17) is 4.74 Å². The van der Waals surface area contributed by atoms with E-state index in [2.05, 4.69) is 15.1 Å². The standard InChI is InChI=1S/C14H14N6O4/c1-8-4-5-15-13-16-11(17-20(8)13)12(22)24-7-9-6-10(21)19(3)14(23)18(9)2/h4-6H,7H2,1-3H3. The molecule has 24 heavy (non-hydrogen) atoms. The molecule has 0 saturated heterocycles. The van der Waals surface area contributed by atoms with Gasteiger partial charge < -0.3 is 4.74 Å². The van der Waals surface area contributed by atoms with Crippen molar-refractivity contribution in [3.8, 4) is 0 Å². The monoisotopic (exact) mass is 330 g/mol. The van der Waals surface area contributed by atoms with Crippen LogP contribution in [0.5, 0.6) is 0 Å². The van der Waals surface area contributed by atoms with Gasteiger partial charge in [0.15, 0.2) is 0 Å². The van der Waals surface area contributed by atoms with E-state index in [9.17, 15) is 14.4 Å². The average Bonchev–Trinajstić information content (AvgIpc) is 3.00. The zero-order valence-electron chi connectivity index (χ0n) is 13.3. The number of fused-ring (bicyclic) bond motifs is 1. The van der Waals surface area contributed by atoms with Crippen LogP contribution in [-0.2, 0) is 25.4 Å². The Balaban J connectivity index is 1.84. The van der Waals surface area contributed by atoms with Gasteiger partial charge in [-0.15, -0.1) is 5.10 Å². The molecule has 0 aromatic carbocycles. The van der Waals surface area contributed by atoms with E-state index in [0.717, 1.165) is 10.3 Å². The van der Waals surface area contributed by atoms with Gasteiger partial charge in [-0.3, -0.25) is 13.9 Å². The molecule has 0 spiro atoms. The predicted molar refractivity (Wildman–Crippen MR) is 81.6 cm³/mol. The third kappa shape index (κ3) is 2.57. The van der Waals surface area contributed by atoms with Crippen molar-refractivity contribution < 1.29 is 9.53 Å². The van der Waals surface area contributed by atoms with Gasteiger partial charge in [0.2, 0.25) is 0 Å². The SMILES string of the molecule is Cc1ccnc2nc(C(=O)OCc3cc(=O)n(C)c(=O)n3C)nn12. The second-order valence-electron chi connectivity index (χ2n) is 5.18. The van der Waals surface area contributed by atoms with Gasteiger partial charge >= 0.3 is 11.7 Å². The fraction of sp³-hybridized carbons (Fsp3) is 0.286. The molecular formula is C14H14N6O4. The minimum Gasteiger partial charge on any atom is -0.453 e. The summed E-state index contributed by atoms with van der Waals surface area (Å²) in [7, 11) is 2.86. The lowest BCUT2D eigenvalue weighted by Crippen LogP contribution is -2.38. The number of carbonyl (C=O) groups excluding carboxylic acids is 1. The second-order valence-corrected chi connectivity index (χ2v) is 5.18. The van der Waals surface area contributed by atoms with Crippen molar-refractivity contribution >= 4 is 11.7 Å². The van der Waals surface area contributed by atoms with Gasteiger partial charge in [0, 0.05) is 32.1 Å². The van der Waals surface area contributed by atoms with Gasteiger partial charge in [-0.05, 0) is 13.0 Å². The summed E-state index contributed by atoms with van der Waals surface area (Å²) in [5.41, 5.74) is 0.0593. The number of hydrogen-bond donors (Lipinski definition) is 0. The summed E-state index contributed by atoms with van der Waals surface area (Å²) in [6.07, 6.45) is 1.56. The highest BCUT2D eigenvalue weighted by molar-refractivity contribution is 5.85. The molecule has 0 aliphatic carbocycles. The van der Waals surface area contributed by atoms with Crippen molar-refractivity contribution in [1.29, 1.82) is 0 Å². The maximum absolute atomic E-state index is 12.1. The molecule has 10 nitrogen and oxygen atoms in total. The van der Waals surface area contributed by atoms with Crippen LogP contribution in [0.2, 0.25) is 0 Å². The van der Waals surface area contributed by atoms with Crippen LogP contribution < -0.4 is 11.2 Å². The number of aryl methyl sites for hydroxylation is 1. The van der Waals surface area contributed by atoms with Crippen LogP contribution in [0.4, 0.5) is 0 Å². The first kappa shape index (κ1) is 15.6. The summed E-state index contributed by atoms with van der Waals surface area (Å²) in [5, 5.41) is 4.03. The van der Waals surface area contributed by atoms with Crippen molar-refractivity contribution in [2.45, 2.75) is 13.5 Å². The number of esters is 1. The van der Waals surface area contributed by atoms with Gasteiger partial charge in [0.25, 0.3) is 17.2 Å². The molecule has 124 valence electrons. The van der Waals surface area contributed by atoms with Crippen LogP contribution in [0.1, 0.15) is 22.0 Å². The van der Waals surface area contributed by atoms with Crippen LogP contribution in [0.15, 0.2) is 27.9 Å². The van der Waals surface area contributed by atoms with Gasteiger partial charge in [-0.25, -0.2) is 19.1 Å². The first-order chi connectivity index (χ1) is 11.4. The number of nitrogens with zero attached hydrogens (tertiary/aromatic N) is 6. The Labute approximate surface area is 135 Å². The molecular weight excluding hydrogens is 316 g/mol. The Bertz CT molecular complexity index is 1060. The van der Waals surface area contributed by atoms with Crippen LogP contribution in [-0.4, -0.2) is 34.7 Å². The van der Waals surface area contributed by atoms with E-state index >= 15 is 0 Å². The van der Waals surface area contributed by atoms with Crippen molar-refractivity contribution in [3.05, 3.63) is 56.4 Å². The molecule has 0 amide bonds. The molecule has 0 bridgehead atoms. The lowest BCUT2D eigenvalue weighted by molar-refractivity contribution is 0.0448. The third-order valence-corrected chi connectivity index (χ3v) is 3.59. The Morgan fingerprint density at radius 3 is 2.71 bits per heavy atom. The third-order valence-electron chi connectivity index (χ3n) is 3.59. The summed E-state index contributed by atoms with van der Waals surface area (Å²) in [6.45, 7) is 1.55. The number of ether oxygens (including phenoxy) is 1. The molecule has 0 fully saturated rings. The van der Waals surface area contributed by atoms with Gasteiger partial charge in [0.1, 0.15) is 6.61 Å². The van der Waals surface area contributed by atoms with Crippen LogP contribution >= 0.6 is 0 Å². The van der Waals surface area contributed by atoms with Crippen LogP contribution in [0.25, 0.3) is 5.78 Å². The van der Waals surface area contributed by atoms with E-state index in [0.29, 0.717) is 0 Å². The normalized spacial score (nSPS) is 11.0. The summed E-state index contributed by atoms with van der Waals surface area (Å²) in [4.78, 5) is 43.6. The first-order valence-electron chi connectivity index (χ1n) is 7.00. The molecule has 3 aromatic rings. The molecule has 0 aliphatic rings. The highest BCUT2D eigenvalue weighted by Crippen LogP contribution is 2.04. The summed E-state index contributed by atoms with van der Waals surface area (Å²) in [5.74, 6) is -0.637. The highest BCUT2D eigenvalue weighted by atomic mass is 16.5. The van der Waals surface area contributed by atoms with E-state index in [-0.39, 0.29) is 23.9 Å². The zero-order chi connectivity index (χ0) is 17.4. The van der Waals surface area contributed by atoms with Crippen molar-refractivity contribution in [2.75, 3.05) is 0 Å². The minimum absolute atomic E-state index is 0.148. The largest absolute Gasteiger partial charge is 0.453 e. The summed E-state index contributed by atoms with van der Waals surface area (Å²) >= 11 is 0. The Morgan fingerprint density at radius 1 is 1.25 bits per heavy atom. The molecule has 0 radical (unpaired) electrons. The highest BCUT2D eigenvalue weighted by Gasteiger charge is 2.17. The van der Waals surface area contributed by atoms with Crippen molar-refractivity contribution in [1.82, 2.24) is 28.7 Å². The molecule has 3 rings (SSSR count). The maximum Gasteiger partial charge on any atom is 0.378 e. The van der Waals surface area contributed by atoms with E-state index in [1.165, 1.54) is 29.2 Å². The smallest absolute Gasteiger partial charge is 0.378 e. The minimum atomic E-state index is -0.770. The Morgan fingerprint density at radius 2 is 2.00 bits per heavy atom. The van der Waals surface area contributed by atoms with E-state index in [1.807, 2.05) is 0 Å². The van der Waals surface area contributed by atoms with Crippen molar-refractivity contribution in [2.24, 2.45) is 14.1 Å². The zero-order valence-corrected chi connectivity index (χ0v) is 13.3. The van der Waals surface area contributed by atoms with Crippen LogP contribution in [0, 0.1) is 6.92 Å². The van der Waals surface area contributed by atoms with Gasteiger partial charge in [-0.2, -0.15) is 4.98 Å². The molecule has 0 unspecified atom stereocenters. The second kappa shape index (κ2) is 5.72. The number of hydrogen-bond acceptors (Lipinski definition) is 7. The van der Waals surface area contributed by atoms with Crippen molar-refractivity contribution in [3.63, 3.8) is 0 Å². The quantitative estimate of drug-likeness (QED) is 0.577. The Hall–Kier alpha value is -3.30. The number of rotatable bonds is 3. The van der Waals surface area contributed by atoms with E-state index in [1.54, 1.807) is 19.2 Å². The molecule has 0 saturated carbocycles. The summed E-state index contributed by atoms with van der Waals surface area (Å²) in [6, 6.07) is 2.96.